The fourth-order valence-electron chi connectivity index (χ4n) is 3.63. The molecule has 0 heterocycles. The average Bonchev–Trinajstić information content (AvgIpc) is 2.89. The maximum atomic E-state index is 10.5. The number of unbranched alkanes of at least 4 members (excludes halogenated alkanes) is 1. The number of hydrogen-bond donors (Lipinski definition) is 4. The van der Waals surface area contributed by atoms with E-state index in [1.807, 2.05) is 48.6 Å². The highest BCUT2D eigenvalue weighted by atomic mass is 16.4. The van der Waals surface area contributed by atoms with Gasteiger partial charge in [-0.15, -0.1) is 0 Å². The van der Waals surface area contributed by atoms with Crippen molar-refractivity contribution in [1.82, 2.24) is 0 Å². The minimum Gasteiger partial charge on any atom is -0.481 e. The van der Waals surface area contributed by atoms with Crippen LogP contribution in [0.4, 0.5) is 0 Å². The van der Waals surface area contributed by atoms with E-state index in [2.05, 4.69) is 0 Å². The Bertz CT molecular complexity index is 625. The molecule has 0 aliphatic heterocycles. The number of aliphatic carboxylic acids is 1. The van der Waals surface area contributed by atoms with Gasteiger partial charge >= 0.3 is 5.97 Å². The van der Waals surface area contributed by atoms with Crippen LogP contribution < -0.4 is 0 Å². The lowest BCUT2D eigenvalue weighted by molar-refractivity contribution is -0.137. The van der Waals surface area contributed by atoms with Gasteiger partial charge in [0.25, 0.3) is 0 Å². The molecule has 1 fully saturated rings. The Morgan fingerprint density at radius 3 is 2.59 bits per heavy atom. The van der Waals surface area contributed by atoms with Gasteiger partial charge in [-0.3, -0.25) is 4.79 Å². The standard InChI is InChI=1S/C22H30O5/c23-17(14-16-8-4-3-5-9-16)12-13-19-18(20(24)15-21(19)25)10-6-1-2-7-11-22(26)27/h1,3-6,8-9,12-13,17-21,23-25H,2,7,10-11,14-15H2,(H,26,27)/b6-1+,13-12+/t17-,18-,19+,20+,21-/m1/s1. The molecule has 2 rings (SSSR count). The highest BCUT2D eigenvalue weighted by Crippen LogP contribution is 2.36. The molecule has 5 atom stereocenters. The normalized spacial score (nSPS) is 26.8. The largest absolute Gasteiger partial charge is 0.481 e. The molecule has 4 N–H and O–H groups in total. The van der Waals surface area contributed by atoms with Gasteiger partial charge < -0.3 is 20.4 Å². The summed E-state index contributed by atoms with van der Waals surface area (Å²) in [5, 5.41) is 39.3. The van der Waals surface area contributed by atoms with Crippen LogP contribution >= 0.6 is 0 Å². The van der Waals surface area contributed by atoms with Crippen molar-refractivity contribution >= 4 is 5.97 Å². The van der Waals surface area contributed by atoms with E-state index in [-0.39, 0.29) is 18.3 Å². The molecule has 0 aromatic heterocycles. The summed E-state index contributed by atoms with van der Waals surface area (Å²) in [6, 6.07) is 9.72. The van der Waals surface area contributed by atoms with Crippen molar-refractivity contribution < 1.29 is 25.2 Å². The van der Waals surface area contributed by atoms with Crippen molar-refractivity contribution in [3.8, 4) is 0 Å². The Balaban J connectivity index is 1.86. The summed E-state index contributed by atoms with van der Waals surface area (Å²) < 4.78 is 0. The molecule has 0 saturated heterocycles. The lowest BCUT2D eigenvalue weighted by atomic mass is 9.89. The number of carboxylic acids is 1. The first kappa shape index (κ1) is 21.4. The summed E-state index contributed by atoms with van der Waals surface area (Å²) in [6.07, 6.45) is 8.50. The third kappa shape index (κ3) is 7.29. The van der Waals surface area contributed by atoms with E-state index in [9.17, 15) is 20.1 Å². The van der Waals surface area contributed by atoms with Gasteiger partial charge in [-0.25, -0.2) is 0 Å². The maximum absolute atomic E-state index is 10.5. The molecule has 1 aliphatic rings. The molecule has 0 amide bonds. The summed E-state index contributed by atoms with van der Waals surface area (Å²) in [5.41, 5.74) is 1.04. The molecule has 0 spiro atoms. The summed E-state index contributed by atoms with van der Waals surface area (Å²) in [6.45, 7) is 0. The molecule has 1 aromatic rings. The van der Waals surface area contributed by atoms with Crippen LogP contribution in [-0.4, -0.2) is 44.7 Å². The first-order valence-corrected chi connectivity index (χ1v) is 9.60. The topological polar surface area (TPSA) is 98.0 Å². The Hall–Kier alpha value is -1.95. The SMILES string of the molecule is O=C(O)CCC/C=C/C[C@@H]1[C@H](/C=C/[C@@H](O)Cc2ccccc2)[C@H](O)C[C@@H]1O. The van der Waals surface area contributed by atoms with Crippen LogP contribution in [0.3, 0.4) is 0 Å². The second-order valence-electron chi connectivity index (χ2n) is 7.25. The molecule has 1 aromatic carbocycles. The van der Waals surface area contributed by atoms with Crippen LogP contribution in [0.15, 0.2) is 54.6 Å². The third-order valence-corrected chi connectivity index (χ3v) is 5.10. The lowest BCUT2D eigenvalue weighted by Crippen LogP contribution is -2.20. The quantitative estimate of drug-likeness (QED) is 0.373. The molecule has 5 nitrogen and oxygen atoms in total. The van der Waals surface area contributed by atoms with Crippen molar-refractivity contribution in [2.45, 2.75) is 56.8 Å². The zero-order valence-corrected chi connectivity index (χ0v) is 15.5. The van der Waals surface area contributed by atoms with Crippen molar-refractivity contribution in [3.63, 3.8) is 0 Å². The summed E-state index contributed by atoms with van der Waals surface area (Å²) in [7, 11) is 0. The molecule has 0 radical (unpaired) electrons. The van der Waals surface area contributed by atoms with Crippen LogP contribution in [0.25, 0.3) is 0 Å². The fraction of sp³-hybridized carbons (Fsp3) is 0.500. The van der Waals surface area contributed by atoms with Gasteiger partial charge in [0, 0.05) is 25.2 Å². The number of carboxylic acid groups (broad SMARTS) is 1. The van der Waals surface area contributed by atoms with Gasteiger partial charge in [0.2, 0.25) is 0 Å². The molecule has 5 heteroatoms. The first-order valence-electron chi connectivity index (χ1n) is 9.60. The van der Waals surface area contributed by atoms with Crippen LogP contribution in [-0.2, 0) is 11.2 Å². The smallest absolute Gasteiger partial charge is 0.303 e. The predicted molar refractivity (Wildman–Crippen MR) is 104 cm³/mol. The molecular formula is C22H30O5. The highest BCUT2D eigenvalue weighted by Gasteiger charge is 2.39. The van der Waals surface area contributed by atoms with E-state index < -0.39 is 24.3 Å². The van der Waals surface area contributed by atoms with Crippen molar-refractivity contribution in [1.29, 1.82) is 0 Å². The zero-order valence-electron chi connectivity index (χ0n) is 15.5. The van der Waals surface area contributed by atoms with E-state index in [1.165, 1.54) is 0 Å². The number of rotatable bonds is 10. The monoisotopic (exact) mass is 374 g/mol. The first-order chi connectivity index (χ1) is 13.0. The molecule has 0 unspecified atom stereocenters. The third-order valence-electron chi connectivity index (χ3n) is 5.10. The Kier molecular flexibility index (Phi) is 8.72. The Morgan fingerprint density at radius 1 is 1.15 bits per heavy atom. The molecule has 148 valence electrons. The number of aliphatic hydroxyl groups excluding tert-OH is 3. The molecule has 0 bridgehead atoms. The lowest BCUT2D eigenvalue weighted by Gasteiger charge is -2.19. The zero-order chi connectivity index (χ0) is 19.6. The van der Waals surface area contributed by atoms with E-state index in [1.54, 1.807) is 6.08 Å². The summed E-state index contributed by atoms with van der Waals surface area (Å²) >= 11 is 0. The van der Waals surface area contributed by atoms with Crippen LogP contribution in [0.1, 0.15) is 37.7 Å². The molecule has 1 aliphatic carbocycles. The second-order valence-corrected chi connectivity index (χ2v) is 7.25. The number of allylic oxidation sites excluding steroid dienone is 2. The van der Waals surface area contributed by atoms with Gasteiger partial charge in [-0.05, 0) is 30.7 Å². The van der Waals surface area contributed by atoms with Crippen molar-refractivity contribution in [2.24, 2.45) is 11.8 Å². The molecule has 27 heavy (non-hydrogen) atoms. The highest BCUT2D eigenvalue weighted by molar-refractivity contribution is 5.66. The summed E-state index contributed by atoms with van der Waals surface area (Å²) in [4.78, 5) is 10.5. The van der Waals surface area contributed by atoms with Gasteiger partial charge in [0.15, 0.2) is 0 Å². The summed E-state index contributed by atoms with van der Waals surface area (Å²) in [5.74, 6) is -1.10. The number of aliphatic hydroxyl groups is 3. The number of carbonyl (C=O) groups is 1. The van der Waals surface area contributed by atoms with Gasteiger partial charge in [-0.2, -0.15) is 0 Å². The van der Waals surface area contributed by atoms with Crippen LogP contribution in [0.2, 0.25) is 0 Å². The fourth-order valence-corrected chi connectivity index (χ4v) is 3.63. The predicted octanol–water partition coefficient (Wildman–Crippen LogP) is 2.71. The minimum atomic E-state index is -0.794. The Morgan fingerprint density at radius 2 is 1.89 bits per heavy atom. The van der Waals surface area contributed by atoms with Crippen LogP contribution in [0, 0.1) is 11.8 Å². The van der Waals surface area contributed by atoms with Gasteiger partial charge in [-0.1, -0.05) is 54.6 Å². The van der Waals surface area contributed by atoms with Crippen molar-refractivity contribution in [2.75, 3.05) is 0 Å². The Labute approximate surface area is 160 Å². The van der Waals surface area contributed by atoms with Crippen molar-refractivity contribution in [3.05, 3.63) is 60.2 Å². The molecular weight excluding hydrogens is 344 g/mol. The average molecular weight is 374 g/mol. The van der Waals surface area contributed by atoms with E-state index >= 15 is 0 Å². The van der Waals surface area contributed by atoms with E-state index in [4.69, 9.17) is 5.11 Å². The number of benzene rings is 1. The minimum absolute atomic E-state index is 0.101. The maximum Gasteiger partial charge on any atom is 0.303 e. The van der Waals surface area contributed by atoms with E-state index in [0.29, 0.717) is 32.1 Å². The second kappa shape index (κ2) is 11.0. The van der Waals surface area contributed by atoms with Gasteiger partial charge in [0.1, 0.15) is 0 Å². The molecule has 1 saturated carbocycles. The van der Waals surface area contributed by atoms with E-state index in [0.717, 1.165) is 5.56 Å². The van der Waals surface area contributed by atoms with Crippen LogP contribution in [0.5, 0.6) is 0 Å². The number of hydrogen-bond acceptors (Lipinski definition) is 4. The van der Waals surface area contributed by atoms with Gasteiger partial charge in [0.05, 0.1) is 18.3 Å².